The summed E-state index contributed by atoms with van der Waals surface area (Å²) in [5.41, 5.74) is 0.368. The minimum atomic E-state index is -0.361. The van der Waals surface area contributed by atoms with Gasteiger partial charge in [-0.25, -0.2) is 0 Å². The van der Waals surface area contributed by atoms with Gasteiger partial charge in [0.2, 0.25) is 0 Å². The quantitative estimate of drug-likeness (QED) is 0.752. The third-order valence-corrected chi connectivity index (χ3v) is 4.56. The fourth-order valence-electron chi connectivity index (χ4n) is 3.31. The van der Waals surface area contributed by atoms with Crippen LogP contribution in [0.3, 0.4) is 0 Å². The van der Waals surface area contributed by atoms with Crippen LogP contribution in [-0.4, -0.2) is 18.3 Å². The zero-order chi connectivity index (χ0) is 13.2. The van der Waals surface area contributed by atoms with Gasteiger partial charge in [0.15, 0.2) is 0 Å². The Labute approximate surface area is 110 Å². The number of hydrogen-bond donors (Lipinski definition) is 0. The molecule has 1 aliphatic heterocycles. The van der Waals surface area contributed by atoms with E-state index in [1.165, 1.54) is 0 Å². The molecule has 0 spiro atoms. The van der Waals surface area contributed by atoms with Gasteiger partial charge in [-0.2, -0.15) is 0 Å². The van der Waals surface area contributed by atoms with Crippen LogP contribution in [-0.2, 0) is 9.31 Å². The van der Waals surface area contributed by atoms with Crippen LogP contribution >= 0.6 is 0 Å². The molecule has 1 aromatic heterocycles. The summed E-state index contributed by atoms with van der Waals surface area (Å²) in [6.07, 6.45) is 5.51. The van der Waals surface area contributed by atoms with Gasteiger partial charge in [0, 0.05) is 0 Å². The molecule has 100 valence electrons. The van der Waals surface area contributed by atoms with Gasteiger partial charge >= 0.3 is 7.12 Å². The Hall–Kier alpha value is -0.735. The van der Waals surface area contributed by atoms with E-state index >= 15 is 0 Å². The molecular formula is C14H23BO3. The van der Waals surface area contributed by atoms with E-state index < -0.39 is 0 Å². The molecule has 0 amide bonds. The second-order valence-corrected chi connectivity index (χ2v) is 4.99. The SMILES string of the molecule is CCC1(CC)OB(c2ccco2)OC1(CC)CC. The highest BCUT2D eigenvalue weighted by Crippen LogP contribution is 2.46. The molecule has 2 rings (SSSR count). The van der Waals surface area contributed by atoms with Crippen LogP contribution in [0, 0.1) is 0 Å². The molecule has 0 bridgehead atoms. The lowest BCUT2D eigenvalue weighted by Gasteiger charge is -2.42. The Morgan fingerprint density at radius 1 is 0.944 bits per heavy atom. The van der Waals surface area contributed by atoms with Crippen molar-refractivity contribution in [2.24, 2.45) is 0 Å². The highest BCUT2D eigenvalue weighted by atomic mass is 16.7. The monoisotopic (exact) mass is 250 g/mol. The first-order chi connectivity index (χ1) is 8.67. The smallest absolute Gasteiger partial charge is 0.473 e. The normalized spacial score (nSPS) is 21.4. The van der Waals surface area contributed by atoms with E-state index in [0.717, 1.165) is 31.3 Å². The third kappa shape index (κ3) is 1.82. The van der Waals surface area contributed by atoms with Crippen LogP contribution in [0.15, 0.2) is 22.8 Å². The molecule has 18 heavy (non-hydrogen) atoms. The molecule has 0 unspecified atom stereocenters. The molecule has 0 radical (unpaired) electrons. The Kier molecular flexibility index (Phi) is 3.88. The van der Waals surface area contributed by atoms with Gasteiger partial charge in [-0.3, -0.25) is 0 Å². The van der Waals surface area contributed by atoms with Crippen LogP contribution in [0.4, 0.5) is 0 Å². The molecule has 1 saturated heterocycles. The average molecular weight is 250 g/mol. The average Bonchev–Trinajstić information content (AvgIpc) is 3.04. The molecule has 1 aliphatic rings. The van der Waals surface area contributed by atoms with Crippen LogP contribution in [0.25, 0.3) is 0 Å². The Balaban J connectivity index is 2.34. The van der Waals surface area contributed by atoms with Crippen molar-refractivity contribution < 1.29 is 13.7 Å². The molecule has 0 aromatic carbocycles. The lowest BCUT2D eigenvalue weighted by Crippen LogP contribution is -2.50. The zero-order valence-corrected chi connectivity index (χ0v) is 11.9. The zero-order valence-electron chi connectivity index (χ0n) is 11.9. The van der Waals surface area contributed by atoms with E-state index in [2.05, 4.69) is 27.7 Å². The standard InChI is InChI=1S/C14H23BO3/c1-5-13(6-2)14(7-3,8-4)18-15(17-13)12-10-9-11-16-12/h9-11H,5-8H2,1-4H3. The second kappa shape index (κ2) is 5.10. The highest BCUT2D eigenvalue weighted by Gasteiger charge is 2.59. The van der Waals surface area contributed by atoms with Crippen molar-refractivity contribution >= 4 is 12.8 Å². The maximum atomic E-state index is 6.27. The summed E-state index contributed by atoms with van der Waals surface area (Å²) in [7, 11) is -0.361. The van der Waals surface area contributed by atoms with Crippen molar-refractivity contribution in [3.63, 3.8) is 0 Å². The maximum absolute atomic E-state index is 6.27. The Morgan fingerprint density at radius 2 is 1.44 bits per heavy atom. The first-order valence-electron chi connectivity index (χ1n) is 7.06. The fourth-order valence-corrected chi connectivity index (χ4v) is 3.31. The summed E-state index contributed by atoms with van der Waals surface area (Å²) in [6, 6.07) is 3.79. The summed E-state index contributed by atoms with van der Waals surface area (Å²) in [5.74, 6) is 0. The second-order valence-electron chi connectivity index (χ2n) is 4.99. The topological polar surface area (TPSA) is 31.6 Å². The molecular weight excluding hydrogens is 227 g/mol. The fraction of sp³-hybridized carbons (Fsp3) is 0.714. The molecule has 1 fully saturated rings. The molecule has 0 atom stereocenters. The lowest BCUT2D eigenvalue weighted by atomic mass is 9.75. The summed E-state index contributed by atoms with van der Waals surface area (Å²) < 4.78 is 18.0. The highest BCUT2D eigenvalue weighted by molar-refractivity contribution is 6.60. The first-order valence-corrected chi connectivity index (χ1v) is 7.06. The van der Waals surface area contributed by atoms with E-state index in [1.54, 1.807) is 6.26 Å². The molecule has 3 nitrogen and oxygen atoms in total. The van der Waals surface area contributed by atoms with Gasteiger partial charge in [0.25, 0.3) is 0 Å². The van der Waals surface area contributed by atoms with Crippen molar-refractivity contribution in [3.05, 3.63) is 18.4 Å². The number of rotatable bonds is 5. The van der Waals surface area contributed by atoms with E-state index in [9.17, 15) is 0 Å². The maximum Gasteiger partial charge on any atom is 0.532 e. The van der Waals surface area contributed by atoms with Crippen molar-refractivity contribution in [2.75, 3.05) is 0 Å². The summed E-state index contributed by atoms with van der Waals surface area (Å²) >= 11 is 0. The molecule has 0 saturated carbocycles. The van der Waals surface area contributed by atoms with Gasteiger partial charge in [-0.15, -0.1) is 0 Å². The van der Waals surface area contributed by atoms with Gasteiger partial charge in [-0.05, 0) is 37.8 Å². The Morgan fingerprint density at radius 3 is 1.78 bits per heavy atom. The number of furan rings is 1. The third-order valence-electron chi connectivity index (χ3n) is 4.56. The van der Waals surface area contributed by atoms with E-state index in [-0.39, 0.29) is 18.3 Å². The van der Waals surface area contributed by atoms with Crippen LogP contribution in [0.5, 0.6) is 0 Å². The predicted octanol–water partition coefficient (Wildman–Crippen LogP) is 3.14. The van der Waals surface area contributed by atoms with E-state index in [4.69, 9.17) is 13.7 Å². The van der Waals surface area contributed by atoms with Crippen molar-refractivity contribution in [3.8, 4) is 0 Å². The van der Waals surface area contributed by atoms with Crippen molar-refractivity contribution in [1.29, 1.82) is 0 Å². The van der Waals surface area contributed by atoms with Gasteiger partial charge in [0.05, 0.1) is 17.5 Å². The molecule has 0 N–H and O–H groups in total. The number of hydrogen-bond acceptors (Lipinski definition) is 3. The molecule has 4 heteroatoms. The largest absolute Gasteiger partial charge is 0.532 e. The predicted molar refractivity (Wildman–Crippen MR) is 72.9 cm³/mol. The molecule has 2 heterocycles. The van der Waals surface area contributed by atoms with Crippen molar-refractivity contribution in [1.82, 2.24) is 0 Å². The minimum Gasteiger partial charge on any atom is -0.473 e. The van der Waals surface area contributed by atoms with Gasteiger partial charge in [-0.1, -0.05) is 27.7 Å². The van der Waals surface area contributed by atoms with E-state index in [1.807, 2.05) is 12.1 Å². The molecule has 1 aromatic rings. The summed E-state index contributed by atoms with van der Waals surface area (Å²) in [6.45, 7) is 8.71. The van der Waals surface area contributed by atoms with Gasteiger partial charge < -0.3 is 13.7 Å². The van der Waals surface area contributed by atoms with Crippen LogP contribution in [0.2, 0.25) is 0 Å². The Bertz CT molecular complexity index is 346. The van der Waals surface area contributed by atoms with E-state index in [0.29, 0.717) is 0 Å². The van der Waals surface area contributed by atoms with Crippen LogP contribution in [0.1, 0.15) is 53.4 Å². The first kappa shape index (κ1) is 13.7. The summed E-state index contributed by atoms with van der Waals surface area (Å²) in [4.78, 5) is 0. The van der Waals surface area contributed by atoms with Crippen molar-refractivity contribution in [2.45, 2.75) is 64.6 Å². The summed E-state index contributed by atoms with van der Waals surface area (Å²) in [5, 5.41) is 0. The lowest BCUT2D eigenvalue weighted by molar-refractivity contribution is -0.0601. The van der Waals surface area contributed by atoms with Crippen LogP contribution < -0.4 is 5.66 Å². The van der Waals surface area contributed by atoms with Gasteiger partial charge in [0.1, 0.15) is 5.66 Å². The molecule has 0 aliphatic carbocycles. The minimum absolute atomic E-state index is 0.200.